The van der Waals surface area contributed by atoms with Crippen LogP contribution >= 0.6 is 0 Å². The lowest BCUT2D eigenvalue weighted by molar-refractivity contribution is -0.142. The lowest BCUT2D eigenvalue weighted by Gasteiger charge is -2.11. The Labute approximate surface area is 109 Å². The molecule has 1 rings (SSSR count). The fourth-order valence-corrected chi connectivity index (χ4v) is 1.46. The molecule has 0 aliphatic heterocycles. The fraction of sp³-hybridized carbons (Fsp3) is 0.636. The van der Waals surface area contributed by atoms with Gasteiger partial charge in [0.05, 0.1) is 6.54 Å². The van der Waals surface area contributed by atoms with E-state index in [1.54, 1.807) is 0 Å². The van der Waals surface area contributed by atoms with Gasteiger partial charge in [0, 0.05) is 24.8 Å². The fourth-order valence-electron chi connectivity index (χ4n) is 1.46. The molecular formula is C11H18F3N5. The van der Waals surface area contributed by atoms with Crippen LogP contribution in [-0.2, 0) is 19.8 Å². The van der Waals surface area contributed by atoms with Crippen molar-refractivity contribution in [1.82, 2.24) is 15.1 Å². The van der Waals surface area contributed by atoms with Gasteiger partial charge in [-0.1, -0.05) is 6.92 Å². The van der Waals surface area contributed by atoms with Gasteiger partial charge < -0.3 is 11.1 Å². The van der Waals surface area contributed by atoms with Gasteiger partial charge in [-0.05, 0) is 13.3 Å². The minimum Gasteiger partial charge on any atom is -0.370 e. The SMILES string of the molecule is CCC(C)NC(N)=NCc1cn(C)nc1C(F)(F)F. The Morgan fingerprint density at radius 2 is 2.21 bits per heavy atom. The van der Waals surface area contributed by atoms with Crippen LogP contribution < -0.4 is 11.1 Å². The molecular weight excluding hydrogens is 259 g/mol. The van der Waals surface area contributed by atoms with E-state index in [2.05, 4.69) is 15.4 Å². The Bertz CT molecular complexity index is 450. The zero-order chi connectivity index (χ0) is 14.6. The number of hydrogen-bond acceptors (Lipinski definition) is 2. The van der Waals surface area contributed by atoms with Gasteiger partial charge >= 0.3 is 6.18 Å². The van der Waals surface area contributed by atoms with E-state index in [0.717, 1.165) is 11.1 Å². The summed E-state index contributed by atoms with van der Waals surface area (Å²) in [6.07, 6.45) is -2.34. The average Bonchev–Trinajstić information content (AvgIpc) is 2.67. The van der Waals surface area contributed by atoms with Gasteiger partial charge in [-0.2, -0.15) is 18.3 Å². The molecule has 1 aromatic heterocycles. The van der Waals surface area contributed by atoms with Crippen molar-refractivity contribution in [2.75, 3.05) is 0 Å². The number of nitrogens with zero attached hydrogens (tertiary/aromatic N) is 3. The predicted octanol–water partition coefficient (Wildman–Crippen LogP) is 1.64. The minimum atomic E-state index is -4.48. The molecule has 1 unspecified atom stereocenters. The maximum absolute atomic E-state index is 12.7. The second-order valence-electron chi connectivity index (χ2n) is 4.33. The third-order valence-electron chi connectivity index (χ3n) is 2.60. The molecule has 0 saturated carbocycles. The molecule has 8 heteroatoms. The van der Waals surface area contributed by atoms with E-state index in [0.29, 0.717) is 0 Å². The van der Waals surface area contributed by atoms with Crippen molar-refractivity contribution in [2.45, 2.75) is 39.0 Å². The number of rotatable bonds is 4. The third-order valence-corrected chi connectivity index (χ3v) is 2.60. The molecule has 0 aliphatic carbocycles. The van der Waals surface area contributed by atoms with Crippen molar-refractivity contribution in [3.63, 3.8) is 0 Å². The molecule has 0 aromatic carbocycles. The first-order valence-electron chi connectivity index (χ1n) is 5.90. The summed E-state index contributed by atoms with van der Waals surface area (Å²) < 4.78 is 39.2. The van der Waals surface area contributed by atoms with Crippen LogP contribution in [0.5, 0.6) is 0 Å². The molecule has 0 saturated heterocycles. The average molecular weight is 277 g/mol. The van der Waals surface area contributed by atoms with Gasteiger partial charge in [0.1, 0.15) is 0 Å². The molecule has 1 aromatic rings. The van der Waals surface area contributed by atoms with E-state index in [-0.39, 0.29) is 24.1 Å². The highest BCUT2D eigenvalue weighted by Crippen LogP contribution is 2.30. The number of nitrogens with two attached hydrogens (primary N) is 1. The number of aryl methyl sites for hydroxylation is 1. The molecule has 0 spiro atoms. The van der Waals surface area contributed by atoms with Crippen LogP contribution in [0.3, 0.4) is 0 Å². The number of halogens is 3. The molecule has 0 amide bonds. The Hall–Kier alpha value is -1.73. The second kappa shape index (κ2) is 5.94. The summed E-state index contributed by atoms with van der Waals surface area (Å²) in [5.41, 5.74) is 4.68. The molecule has 0 fully saturated rings. The van der Waals surface area contributed by atoms with Crippen molar-refractivity contribution in [3.05, 3.63) is 17.5 Å². The number of nitrogens with one attached hydrogen (secondary N) is 1. The normalized spacial score (nSPS) is 14.5. The third kappa shape index (κ3) is 4.46. The standard InChI is InChI=1S/C11H18F3N5/c1-4-7(2)17-10(15)16-5-8-6-19(3)18-9(8)11(12,13)14/h6-7H,4-5H2,1-3H3,(H3,15,16,17). The Morgan fingerprint density at radius 3 is 2.74 bits per heavy atom. The monoisotopic (exact) mass is 277 g/mol. The maximum Gasteiger partial charge on any atom is 0.435 e. The highest BCUT2D eigenvalue weighted by molar-refractivity contribution is 5.78. The molecule has 19 heavy (non-hydrogen) atoms. The highest BCUT2D eigenvalue weighted by atomic mass is 19.4. The van der Waals surface area contributed by atoms with E-state index in [1.165, 1.54) is 13.2 Å². The van der Waals surface area contributed by atoms with Crippen LogP contribution in [0.2, 0.25) is 0 Å². The minimum absolute atomic E-state index is 0.00361. The lowest BCUT2D eigenvalue weighted by Crippen LogP contribution is -2.38. The Balaban J connectivity index is 2.80. The van der Waals surface area contributed by atoms with Crippen molar-refractivity contribution in [3.8, 4) is 0 Å². The summed E-state index contributed by atoms with van der Waals surface area (Å²) in [5.74, 6) is 0.131. The summed E-state index contributed by atoms with van der Waals surface area (Å²) in [6.45, 7) is 3.72. The van der Waals surface area contributed by atoms with Crippen molar-refractivity contribution in [2.24, 2.45) is 17.8 Å². The smallest absolute Gasteiger partial charge is 0.370 e. The summed E-state index contributed by atoms with van der Waals surface area (Å²) in [7, 11) is 1.43. The van der Waals surface area contributed by atoms with Crippen LogP contribution in [0.1, 0.15) is 31.5 Å². The molecule has 108 valence electrons. The van der Waals surface area contributed by atoms with Gasteiger partial charge in [0.2, 0.25) is 0 Å². The molecule has 0 aliphatic rings. The summed E-state index contributed by atoms with van der Waals surface area (Å²) in [4.78, 5) is 3.90. The Kier molecular flexibility index (Phi) is 4.79. The number of alkyl halides is 3. The largest absolute Gasteiger partial charge is 0.435 e. The van der Waals surface area contributed by atoms with Gasteiger partial charge in [-0.15, -0.1) is 0 Å². The zero-order valence-corrected chi connectivity index (χ0v) is 11.1. The van der Waals surface area contributed by atoms with Crippen LogP contribution in [0.15, 0.2) is 11.2 Å². The number of aliphatic imine (C=N–C) groups is 1. The highest BCUT2D eigenvalue weighted by Gasteiger charge is 2.36. The molecule has 0 bridgehead atoms. The van der Waals surface area contributed by atoms with Crippen molar-refractivity contribution in [1.29, 1.82) is 0 Å². The van der Waals surface area contributed by atoms with E-state index >= 15 is 0 Å². The molecule has 1 atom stereocenters. The van der Waals surface area contributed by atoms with E-state index in [1.807, 2.05) is 13.8 Å². The first-order chi connectivity index (χ1) is 8.74. The van der Waals surface area contributed by atoms with Crippen molar-refractivity contribution < 1.29 is 13.2 Å². The lowest BCUT2D eigenvalue weighted by atomic mass is 10.2. The van der Waals surface area contributed by atoms with Gasteiger partial charge in [-0.3, -0.25) is 4.68 Å². The van der Waals surface area contributed by atoms with Crippen LogP contribution in [0.25, 0.3) is 0 Å². The maximum atomic E-state index is 12.7. The van der Waals surface area contributed by atoms with E-state index in [9.17, 15) is 13.2 Å². The topological polar surface area (TPSA) is 68.2 Å². The van der Waals surface area contributed by atoms with Gasteiger partial charge in [0.15, 0.2) is 11.7 Å². The summed E-state index contributed by atoms with van der Waals surface area (Å²) >= 11 is 0. The summed E-state index contributed by atoms with van der Waals surface area (Å²) in [5, 5.41) is 6.28. The number of guanidine groups is 1. The van der Waals surface area contributed by atoms with Gasteiger partial charge in [-0.25, -0.2) is 4.99 Å². The first-order valence-corrected chi connectivity index (χ1v) is 5.90. The number of aromatic nitrogens is 2. The van der Waals surface area contributed by atoms with E-state index < -0.39 is 11.9 Å². The van der Waals surface area contributed by atoms with E-state index in [4.69, 9.17) is 5.73 Å². The second-order valence-corrected chi connectivity index (χ2v) is 4.33. The quantitative estimate of drug-likeness (QED) is 0.649. The van der Waals surface area contributed by atoms with Gasteiger partial charge in [0.25, 0.3) is 0 Å². The number of hydrogen-bond donors (Lipinski definition) is 2. The zero-order valence-electron chi connectivity index (χ0n) is 11.1. The molecule has 3 N–H and O–H groups in total. The summed E-state index contributed by atoms with van der Waals surface area (Å²) in [6, 6.07) is 0.125. The molecule has 5 nitrogen and oxygen atoms in total. The van der Waals surface area contributed by atoms with Crippen molar-refractivity contribution >= 4 is 5.96 Å². The van der Waals surface area contributed by atoms with Crippen LogP contribution in [0, 0.1) is 0 Å². The first kappa shape index (κ1) is 15.3. The molecule has 1 heterocycles. The van der Waals surface area contributed by atoms with Crippen LogP contribution in [0.4, 0.5) is 13.2 Å². The van der Waals surface area contributed by atoms with Crippen LogP contribution in [-0.4, -0.2) is 21.8 Å². The predicted molar refractivity (Wildman–Crippen MR) is 66.4 cm³/mol. The molecule has 0 radical (unpaired) electrons. The Morgan fingerprint density at radius 1 is 1.58 bits per heavy atom.